The van der Waals surface area contributed by atoms with Gasteiger partial charge in [-0.1, -0.05) is 52.8 Å². The SMILES string of the molecule is CCOC(=O)C1(C(=O)O[C@H]2C[C@@H](C)C=C3C=C[C@H](C)[C@H](CC[C@@H]4C[C@@H](O[Si](C)(C)C(C)(C)C)CC(=O)O4)[C@H]32)CCC1. The van der Waals surface area contributed by atoms with Gasteiger partial charge in [0.15, 0.2) is 13.7 Å². The van der Waals surface area contributed by atoms with E-state index in [1.165, 1.54) is 5.57 Å². The van der Waals surface area contributed by atoms with Crippen LogP contribution < -0.4 is 0 Å². The lowest BCUT2D eigenvalue weighted by atomic mass is 9.65. The molecule has 0 aromatic heterocycles. The van der Waals surface area contributed by atoms with Crippen molar-refractivity contribution in [3.63, 3.8) is 0 Å². The lowest BCUT2D eigenvalue weighted by Crippen LogP contribution is -2.50. The lowest BCUT2D eigenvalue weighted by molar-refractivity contribution is -0.185. The number of cyclic esters (lactones) is 1. The molecule has 1 saturated heterocycles. The van der Waals surface area contributed by atoms with Crippen LogP contribution in [-0.2, 0) is 33.0 Å². The van der Waals surface area contributed by atoms with Gasteiger partial charge in [0.1, 0.15) is 12.2 Å². The Morgan fingerprint density at radius 3 is 2.41 bits per heavy atom. The molecule has 41 heavy (non-hydrogen) atoms. The van der Waals surface area contributed by atoms with Gasteiger partial charge in [0, 0.05) is 12.3 Å². The second-order valence-corrected chi connectivity index (χ2v) is 19.3. The summed E-state index contributed by atoms with van der Waals surface area (Å²) in [6.07, 6.45) is 11.3. The van der Waals surface area contributed by atoms with Crippen molar-refractivity contribution in [3.8, 4) is 0 Å². The van der Waals surface area contributed by atoms with Gasteiger partial charge in [-0.2, -0.15) is 0 Å². The Hall–Kier alpha value is -1.93. The van der Waals surface area contributed by atoms with Gasteiger partial charge in [0.25, 0.3) is 0 Å². The van der Waals surface area contributed by atoms with Gasteiger partial charge in [-0.25, -0.2) is 0 Å². The molecule has 4 rings (SSSR count). The molecule has 0 aromatic rings. The highest BCUT2D eigenvalue weighted by Crippen LogP contribution is 2.48. The fourth-order valence-electron chi connectivity index (χ4n) is 6.85. The minimum Gasteiger partial charge on any atom is -0.465 e. The van der Waals surface area contributed by atoms with Crippen LogP contribution >= 0.6 is 0 Å². The maximum atomic E-state index is 13.5. The topological polar surface area (TPSA) is 88.1 Å². The van der Waals surface area contributed by atoms with Crippen molar-refractivity contribution in [1.82, 2.24) is 0 Å². The monoisotopic (exact) mass is 588 g/mol. The van der Waals surface area contributed by atoms with Crippen molar-refractivity contribution in [2.24, 2.45) is 29.1 Å². The number of carbonyl (C=O) groups is 3. The van der Waals surface area contributed by atoms with E-state index in [4.69, 9.17) is 18.6 Å². The molecule has 0 unspecified atom stereocenters. The zero-order valence-corrected chi connectivity index (χ0v) is 27.5. The second-order valence-electron chi connectivity index (χ2n) is 14.5. The summed E-state index contributed by atoms with van der Waals surface area (Å²) in [5.41, 5.74) is 0.0602. The predicted molar refractivity (Wildman–Crippen MR) is 160 cm³/mol. The summed E-state index contributed by atoms with van der Waals surface area (Å²) < 4.78 is 24.0. The standard InChI is InChI=1S/C33H52O7Si/c1-9-37-30(35)33(15-10-16-33)31(36)39-27-18-21(2)17-23-12-11-22(3)26(29(23)27)14-13-24-19-25(20-28(34)38-24)40-41(7,8)32(4,5)6/h11-12,17,21-22,24-27,29H,9-10,13-16,18-20H2,1-8H3/t21-,22-,24+,25+,26-,27-,29-/m0/s1. The highest BCUT2D eigenvalue weighted by atomic mass is 28.4. The van der Waals surface area contributed by atoms with Gasteiger partial charge in [0.05, 0.1) is 19.1 Å². The predicted octanol–water partition coefficient (Wildman–Crippen LogP) is 6.91. The molecule has 7 nitrogen and oxygen atoms in total. The summed E-state index contributed by atoms with van der Waals surface area (Å²) in [5, 5.41) is 0.0757. The van der Waals surface area contributed by atoms with E-state index >= 15 is 0 Å². The largest absolute Gasteiger partial charge is 0.465 e. The highest BCUT2D eigenvalue weighted by molar-refractivity contribution is 6.74. The minimum absolute atomic E-state index is 0.0491. The van der Waals surface area contributed by atoms with E-state index in [0.717, 1.165) is 32.1 Å². The van der Waals surface area contributed by atoms with E-state index in [9.17, 15) is 14.4 Å². The van der Waals surface area contributed by atoms with Gasteiger partial charge in [-0.3, -0.25) is 14.4 Å². The van der Waals surface area contributed by atoms with E-state index in [1.807, 2.05) is 0 Å². The molecule has 0 radical (unpaired) electrons. The fraction of sp³-hybridized carbons (Fsp3) is 0.788. The molecule has 0 N–H and O–H groups in total. The number of allylic oxidation sites excluding steroid dienone is 3. The van der Waals surface area contributed by atoms with Crippen molar-refractivity contribution in [3.05, 3.63) is 23.8 Å². The lowest BCUT2D eigenvalue weighted by Gasteiger charge is -2.45. The number of carbonyl (C=O) groups excluding carboxylic acids is 3. The first-order valence-electron chi connectivity index (χ1n) is 15.8. The third kappa shape index (κ3) is 6.84. The molecule has 1 heterocycles. The second kappa shape index (κ2) is 12.4. The van der Waals surface area contributed by atoms with Gasteiger partial charge in [-0.15, -0.1) is 0 Å². The summed E-state index contributed by atoms with van der Waals surface area (Å²) in [4.78, 5) is 38.9. The minimum atomic E-state index is -2.01. The Kier molecular flexibility index (Phi) is 9.64. The van der Waals surface area contributed by atoms with Crippen LogP contribution in [0.5, 0.6) is 0 Å². The van der Waals surface area contributed by atoms with E-state index in [0.29, 0.717) is 19.3 Å². The third-order valence-corrected chi connectivity index (χ3v) is 15.0. The van der Waals surface area contributed by atoms with E-state index in [2.05, 4.69) is 65.9 Å². The summed E-state index contributed by atoms with van der Waals surface area (Å²) in [6, 6.07) is 0. The summed E-state index contributed by atoms with van der Waals surface area (Å²) >= 11 is 0. The molecule has 0 bridgehead atoms. The van der Waals surface area contributed by atoms with Crippen LogP contribution in [0.4, 0.5) is 0 Å². The Bertz CT molecular complexity index is 1050. The van der Waals surface area contributed by atoms with Crippen molar-refractivity contribution in [2.75, 3.05) is 6.61 Å². The Labute approximate surface area is 247 Å². The number of hydrogen-bond donors (Lipinski definition) is 0. The average Bonchev–Trinajstić information content (AvgIpc) is 2.81. The molecule has 0 spiro atoms. The van der Waals surface area contributed by atoms with Crippen LogP contribution in [0.1, 0.15) is 92.9 Å². The molecule has 4 aliphatic rings. The molecule has 1 aliphatic heterocycles. The molecule has 0 aromatic carbocycles. The average molecular weight is 589 g/mol. The van der Waals surface area contributed by atoms with Crippen molar-refractivity contribution >= 4 is 26.2 Å². The van der Waals surface area contributed by atoms with Crippen LogP contribution in [0.2, 0.25) is 18.1 Å². The first-order valence-corrected chi connectivity index (χ1v) is 18.7. The van der Waals surface area contributed by atoms with Gasteiger partial charge in [0.2, 0.25) is 0 Å². The van der Waals surface area contributed by atoms with Crippen molar-refractivity contribution in [2.45, 2.75) is 129 Å². The number of esters is 3. The quantitative estimate of drug-likeness (QED) is 0.125. The fourth-order valence-corrected chi connectivity index (χ4v) is 8.21. The summed E-state index contributed by atoms with van der Waals surface area (Å²) in [5.74, 6) is -0.209. The van der Waals surface area contributed by atoms with Crippen LogP contribution in [0.3, 0.4) is 0 Å². The first-order chi connectivity index (χ1) is 19.2. The number of ether oxygens (including phenoxy) is 3. The summed E-state index contributed by atoms with van der Waals surface area (Å²) in [6.45, 7) is 17.5. The Morgan fingerprint density at radius 2 is 1.80 bits per heavy atom. The van der Waals surface area contributed by atoms with E-state index in [-0.39, 0.29) is 59.6 Å². The molecular weight excluding hydrogens is 536 g/mol. The van der Waals surface area contributed by atoms with Crippen molar-refractivity contribution < 1.29 is 33.0 Å². The molecule has 230 valence electrons. The maximum Gasteiger partial charge on any atom is 0.323 e. The Balaban J connectivity index is 1.47. The van der Waals surface area contributed by atoms with Crippen LogP contribution in [-0.4, -0.2) is 51.1 Å². The normalized spacial score (nSPS) is 33.1. The van der Waals surface area contributed by atoms with E-state index < -0.39 is 25.7 Å². The highest BCUT2D eigenvalue weighted by Gasteiger charge is 2.55. The number of rotatable bonds is 9. The molecule has 3 aliphatic carbocycles. The molecule has 8 heteroatoms. The van der Waals surface area contributed by atoms with Crippen molar-refractivity contribution in [1.29, 1.82) is 0 Å². The molecular formula is C33H52O7Si. The van der Waals surface area contributed by atoms with Gasteiger partial charge < -0.3 is 18.6 Å². The zero-order chi connectivity index (χ0) is 30.2. The molecule has 7 atom stereocenters. The Morgan fingerprint density at radius 1 is 1.10 bits per heavy atom. The third-order valence-electron chi connectivity index (χ3n) is 10.4. The first kappa shape index (κ1) is 32.0. The maximum absolute atomic E-state index is 13.5. The zero-order valence-electron chi connectivity index (χ0n) is 26.5. The molecule has 1 saturated carbocycles. The smallest absolute Gasteiger partial charge is 0.323 e. The van der Waals surface area contributed by atoms with Crippen LogP contribution in [0.25, 0.3) is 0 Å². The summed E-state index contributed by atoms with van der Waals surface area (Å²) in [7, 11) is -2.01. The van der Waals surface area contributed by atoms with Crippen LogP contribution in [0, 0.1) is 29.1 Å². The number of hydrogen-bond acceptors (Lipinski definition) is 7. The molecule has 0 amide bonds. The van der Waals surface area contributed by atoms with Gasteiger partial charge >= 0.3 is 17.9 Å². The van der Waals surface area contributed by atoms with E-state index in [1.54, 1.807) is 6.92 Å². The van der Waals surface area contributed by atoms with Gasteiger partial charge in [-0.05, 0) is 86.9 Å². The molecule has 2 fully saturated rings. The van der Waals surface area contributed by atoms with Crippen LogP contribution in [0.15, 0.2) is 23.8 Å². The number of fused-ring (bicyclic) bond motifs is 1.